The van der Waals surface area contributed by atoms with Crippen molar-refractivity contribution in [2.45, 2.75) is 6.92 Å². The molecule has 0 saturated carbocycles. The van der Waals surface area contributed by atoms with Crippen molar-refractivity contribution in [2.24, 2.45) is 0 Å². The van der Waals surface area contributed by atoms with Crippen LogP contribution < -0.4 is 15.8 Å². The first-order chi connectivity index (χ1) is 10.0. The number of carbonyl (C=O) groups is 1. The van der Waals surface area contributed by atoms with Gasteiger partial charge in [0.2, 0.25) is 0 Å². The maximum atomic E-state index is 12.4. The summed E-state index contributed by atoms with van der Waals surface area (Å²) < 4.78 is 6.14. The number of amides is 1. The van der Waals surface area contributed by atoms with E-state index in [0.717, 1.165) is 0 Å². The van der Waals surface area contributed by atoms with Crippen LogP contribution >= 0.6 is 27.5 Å². The first kappa shape index (κ1) is 15.7. The number of benzene rings is 2. The monoisotopic (exact) mass is 368 g/mol. The van der Waals surface area contributed by atoms with Gasteiger partial charge >= 0.3 is 0 Å². The standard InChI is InChI=1S/C15H14BrClN2O2/c1-2-21-13-5-3-4-11(18)14(13)15(20)19-12-7-6-9(17)8-10(12)16/h3-8H,2,18H2,1H3,(H,19,20). The Labute approximate surface area is 136 Å². The van der Waals surface area contributed by atoms with Crippen LogP contribution in [0.5, 0.6) is 5.75 Å². The molecule has 3 N–H and O–H groups in total. The van der Waals surface area contributed by atoms with Gasteiger partial charge in [0.25, 0.3) is 5.91 Å². The molecule has 0 fully saturated rings. The second-order valence-electron chi connectivity index (χ2n) is 4.23. The van der Waals surface area contributed by atoms with Crippen molar-refractivity contribution in [1.29, 1.82) is 0 Å². The number of carbonyl (C=O) groups excluding carboxylic acids is 1. The molecule has 0 bridgehead atoms. The summed E-state index contributed by atoms with van der Waals surface area (Å²) >= 11 is 9.23. The van der Waals surface area contributed by atoms with Crippen LogP contribution in [0.25, 0.3) is 0 Å². The quantitative estimate of drug-likeness (QED) is 0.788. The van der Waals surface area contributed by atoms with Gasteiger partial charge in [-0.1, -0.05) is 17.7 Å². The minimum absolute atomic E-state index is 0.321. The minimum Gasteiger partial charge on any atom is -0.493 e. The van der Waals surface area contributed by atoms with Crippen LogP contribution in [-0.2, 0) is 0 Å². The number of hydrogen-bond acceptors (Lipinski definition) is 3. The summed E-state index contributed by atoms with van der Waals surface area (Å²) in [6.45, 7) is 2.30. The topological polar surface area (TPSA) is 64.3 Å². The number of nitrogens with two attached hydrogens (primary N) is 1. The van der Waals surface area contributed by atoms with E-state index in [1.807, 2.05) is 6.92 Å². The van der Waals surface area contributed by atoms with Crippen LogP contribution in [0, 0.1) is 0 Å². The summed E-state index contributed by atoms with van der Waals surface area (Å²) in [7, 11) is 0. The zero-order valence-electron chi connectivity index (χ0n) is 11.3. The lowest BCUT2D eigenvalue weighted by molar-refractivity contribution is 0.102. The molecular weight excluding hydrogens is 356 g/mol. The van der Waals surface area contributed by atoms with Crippen molar-refractivity contribution in [1.82, 2.24) is 0 Å². The molecule has 6 heteroatoms. The zero-order valence-corrected chi connectivity index (χ0v) is 13.7. The number of hydrogen-bond donors (Lipinski definition) is 2. The predicted molar refractivity (Wildman–Crippen MR) is 89.1 cm³/mol. The number of anilines is 2. The molecule has 0 aliphatic rings. The van der Waals surface area contributed by atoms with Gasteiger partial charge in [0.1, 0.15) is 11.3 Å². The van der Waals surface area contributed by atoms with E-state index in [1.165, 1.54) is 0 Å². The molecule has 0 aliphatic heterocycles. The summed E-state index contributed by atoms with van der Waals surface area (Å²) in [5, 5.41) is 3.37. The van der Waals surface area contributed by atoms with E-state index in [9.17, 15) is 4.79 Å². The van der Waals surface area contributed by atoms with E-state index in [4.69, 9.17) is 22.1 Å². The fraction of sp³-hybridized carbons (Fsp3) is 0.133. The molecule has 0 spiro atoms. The van der Waals surface area contributed by atoms with Gasteiger partial charge in [-0.05, 0) is 53.2 Å². The number of halogens is 2. The second-order valence-corrected chi connectivity index (χ2v) is 5.52. The van der Waals surface area contributed by atoms with Gasteiger partial charge in [-0.2, -0.15) is 0 Å². The maximum Gasteiger partial charge on any atom is 0.261 e. The fourth-order valence-corrected chi connectivity index (χ4v) is 2.62. The molecule has 2 rings (SSSR count). The van der Waals surface area contributed by atoms with E-state index in [1.54, 1.807) is 36.4 Å². The van der Waals surface area contributed by atoms with Crippen molar-refractivity contribution in [3.63, 3.8) is 0 Å². The predicted octanol–water partition coefficient (Wildman–Crippen LogP) is 4.34. The molecule has 21 heavy (non-hydrogen) atoms. The molecule has 0 atom stereocenters. The van der Waals surface area contributed by atoms with E-state index < -0.39 is 0 Å². The van der Waals surface area contributed by atoms with Crippen LogP contribution in [0.15, 0.2) is 40.9 Å². The highest BCUT2D eigenvalue weighted by Gasteiger charge is 2.17. The van der Waals surface area contributed by atoms with Crippen LogP contribution in [0.1, 0.15) is 17.3 Å². The average Bonchev–Trinajstić information content (AvgIpc) is 2.42. The van der Waals surface area contributed by atoms with Crippen molar-refractivity contribution >= 4 is 44.8 Å². The summed E-state index contributed by atoms with van der Waals surface area (Å²) in [5.74, 6) is 0.125. The second kappa shape index (κ2) is 6.83. The SMILES string of the molecule is CCOc1cccc(N)c1C(=O)Nc1ccc(Cl)cc1Br. The highest BCUT2D eigenvalue weighted by molar-refractivity contribution is 9.10. The molecule has 4 nitrogen and oxygen atoms in total. The lowest BCUT2D eigenvalue weighted by Gasteiger charge is -2.13. The van der Waals surface area contributed by atoms with Crippen molar-refractivity contribution < 1.29 is 9.53 Å². The number of nitrogens with one attached hydrogen (secondary N) is 1. The molecule has 0 unspecified atom stereocenters. The molecule has 2 aromatic carbocycles. The molecule has 0 aromatic heterocycles. The molecule has 0 aliphatic carbocycles. The third-order valence-corrected chi connectivity index (χ3v) is 3.66. The largest absolute Gasteiger partial charge is 0.493 e. The van der Waals surface area contributed by atoms with Gasteiger partial charge in [-0.15, -0.1) is 0 Å². The van der Waals surface area contributed by atoms with Gasteiger partial charge in [-0.3, -0.25) is 4.79 Å². The number of ether oxygens (including phenoxy) is 1. The first-order valence-electron chi connectivity index (χ1n) is 6.30. The minimum atomic E-state index is -0.334. The Bertz CT molecular complexity index is 677. The molecule has 0 saturated heterocycles. The lowest BCUT2D eigenvalue weighted by atomic mass is 10.1. The number of rotatable bonds is 4. The third-order valence-electron chi connectivity index (χ3n) is 2.76. The van der Waals surface area contributed by atoms with Gasteiger partial charge in [0.15, 0.2) is 0 Å². The highest BCUT2D eigenvalue weighted by Crippen LogP contribution is 2.29. The summed E-state index contributed by atoms with van der Waals surface area (Å²) in [6.07, 6.45) is 0. The highest BCUT2D eigenvalue weighted by atomic mass is 79.9. The van der Waals surface area contributed by atoms with Gasteiger partial charge in [0, 0.05) is 15.2 Å². The fourth-order valence-electron chi connectivity index (χ4n) is 1.84. The van der Waals surface area contributed by atoms with Crippen LogP contribution in [0.4, 0.5) is 11.4 Å². The Morgan fingerprint density at radius 3 is 2.81 bits per heavy atom. The number of nitrogen functional groups attached to an aromatic ring is 1. The molecule has 2 aromatic rings. The Hall–Kier alpha value is -1.72. The average molecular weight is 370 g/mol. The zero-order chi connectivity index (χ0) is 15.4. The Morgan fingerprint density at radius 2 is 2.14 bits per heavy atom. The molecule has 1 amide bonds. The summed E-state index contributed by atoms with van der Waals surface area (Å²) in [6, 6.07) is 10.2. The van der Waals surface area contributed by atoms with Crippen LogP contribution in [-0.4, -0.2) is 12.5 Å². The van der Waals surface area contributed by atoms with Crippen molar-refractivity contribution in [3.8, 4) is 5.75 Å². The first-order valence-corrected chi connectivity index (χ1v) is 7.47. The summed E-state index contributed by atoms with van der Waals surface area (Å²) in [5.41, 5.74) is 7.19. The Morgan fingerprint density at radius 1 is 1.38 bits per heavy atom. The van der Waals surface area contributed by atoms with Crippen LogP contribution in [0.2, 0.25) is 5.02 Å². The van der Waals surface area contributed by atoms with Gasteiger partial charge in [-0.25, -0.2) is 0 Å². The van der Waals surface area contributed by atoms with Crippen molar-refractivity contribution in [3.05, 3.63) is 51.5 Å². The molecule has 0 heterocycles. The van der Waals surface area contributed by atoms with Gasteiger partial charge < -0.3 is 15.8 Å². The molecule has 0 radical (unpaired) electrons. The smallest absolute Gasteiger partial charge is 0.261 e. The normalized spacial score (nSPS) is 10.2. The van der Waals surface area contributed by atoms with E-state index in [2.05, 4.69) is 21.2 Å². The molecule has 110 valence electrons. The summed E-state index contributed by atoms with van der Waals surface area (Å²) in [4.78, 5) is 12.4. The van der Waals surface area contributed by atoms with E-state index >= 15 is 0 Å². The Balaban J connectivity index is 2.32. The Kier molecular flexibility index (Phi) is 5.09. The lowest BCUT2D eigenvalue weighted by Crippen LogP contribution is -2.16. The van der Waals surface area contributed by atoms with E-state index in [-0.39, 0.29) is 5.91 Å². The third kappa shape index (κ3) is 3.68. The van der Waals surface area contributed by atoms with Crippen molar-refractivity contribution in [2.75, 3.05) is 17.7 Å². The molecular formula is C15H14BrClN2O2. The van der Waals surface area contributed by atoms with E-state index in [0.29, 0.717) is 38.8 Å². The van der Waals surface area contributed by atoms with Crippen LogP contribution in [0.3, 0.4) is 0 Å². The maximum absolute atomic E-state index is 12.4. The van der Waals surface area contributed by atoms with Gasteiger partial charge in [0.05, 0.1) is 12.3 Å².